The van der Waals surface area contributed by atoms with Crippen molar-refractivity contribution in [2.24, 2.45) is 0 Å². The first kappa shape index (κ1) is 19.8. The minimum atomic E-state index is -0.0656. The first-order valence-electron chi connectivity index (χ1n) is 8.52. The van der Waals surface area contributed by atoms with Crippen LogP contribution in [0.3, 0.4) is 0 Å². The molecule has 138 valence electrons. The molecule has 2 N–H and O–H groups in total. The fourth-order valence-electron chi connectivity index (χ4n) is 3.10. The molecule has 0 atom stereocenters. The summed E-state index contributed by atoms with van der Waals surface area (Å²) in [6.45, 7) is 4.20. The minimum absolute atomic E-state index is 0. The van der Waals surface area contributed by atoms with E-state index in [4.69, 9.17) is 5.73 Å². The topological polar surface area (TPSA) is 66.6 Å². The largest absolute Gasteiger partial charge is 0.398 e. The zero-order valence-corrected chi connectivity index (χ0v) is 15.7. The van der Waals surface area contributed by atoms with Crippen LogP contribution in [0.2, 0.25) is 0 Å². The van der Waals surface area contributed by atoms with Crippen molar-refractivity contribution in [2.45, 2.75) is 13.3 Å². The third-order valence-electron chi connectivity index (χ3n) is 4.71. The maximum atomic E-state index is 12.6. The molecule has 2 amide bonds. The molecule has 0 spiro atoms. The Morgan fingerprint density at radius 3 is 2.15 bits per heavy atom. The van der Waals surface area contributed by atoms with Gasteiger partial charge < -0.3 is 15.5 Å². The van der Waals surface area contributed by atoms with Gasteiger partial charge in [0, 0.05) is 31.9 Å². The number of benzene rings is 2. The summed E-state index contributed by atoms with van der Waals surface area (Å²) in [6.07, 6.45) is 0.409. The van der Waals surface area contributed by atoms with E-state index in [0.29, 0.717) is 43.9 Å². The second-order valence-electron chi connectivity index (χ2n) is 6.36. The maximum absolute atomic E-state index is 12.6. The van der Waals surface area contributed by atoms with Crippen LogP contribution in [0.5, 0.6) is 0 Å². The number of nitrogens with two attached hydrogens (primary N) is 1. The van der Waals surface area contributed by atoms with E-state index in [1.807, 2.05) is 48.2 Å². The van der Waals surface area contributed by atoms with E-state index in [-0.39, 0.29) is 24.2 Å². The Morgan fingerprint density at radius 2 is 1.50 bits per heavy atom. The lowest BCUT2D eigenvalue weighted by Crippen LogP contribution is -2.51. The molecule has 1 aliphatic heterocycles. The number of halogens is 1. The molecule has 0 unspecified atom stereocenters. The summed E-state index contributed by atoms with van der Waals surface area (Å²) < 4.78 is 0. The highest BCUT2D eigenvalue weighted by Gasteiger charge is 2.25. The zero-order valence-electron chi connectivity index (χ0n) is 14.9. The second-order valence-corrected chi connectivity index (χ2v) is 6.36. The SMILES string of the molecule is Cc1ccccc1CC(=O)N1CCN(C(=O)c2ccccc2N)CC1.Cl. The van der Waals surface area contributed by atoms with Gasteiger partial charge in [0.1, 0.15) is 0 Å². The van der Waals surface area contributed by atoms with Gasteiger partial charge in [-0.2, -0.15) is 0 Å². The standard InChI is InChI=1S/C20H23N3O2.ClH/c1-15-6-2-3-7-16(15)14-19(24)22-10-12-23(13-11-22)20(25)17-8-4-5-9-18(17)21;/h2-9H,10-14,21H2,1H3;1H. The molecule has 2 aromatic rings. The number of piperazine rings is 1. The Hall–Kier alpha value is -2.53. The highest BCUT2D eigenvalue weighted by molar-refractivity contribution is 5.99. The summed E-state index contributed by atoms with van der Waals surface area (Å²) >= 11 is 0. The van der Waals surface area contributed by atoms with Gasteiger partial charge in [0.2, 0.25) is 5.91 Å². The lowest BCUT2D eigenvalue weighted by atomic mass is 10.1. The molecule has 26 heavy (non-hydrogen) atoms. The lowest BCUT2D eigenvalue weighted by Gasteiger charge is -2.35. The van der Waals surface area contributed by atoms with Gasteiger partial charge >= 0.3 is 0 Å². The molecule has 1 aliphatic rings. The molecule has 1 heterocycles. The van der Waals surface area contributed by atoms with Gasteiger partial charge in [0.25, 0.3) is 5.91 Å². The van der Waals surface area contributed by atoms with Crippen molar-refractivity contribution < 1.29 is 9.59 Å². The molecule has 5 nitrogen and oxygen atoms in total. The first-order chi connectivity index (χ1) is 12.1. The predicted octanol–water partition coefficient (Wildman–Crippen LogP) is 2.53. The average molecular weight is 374 g/mol. The van der Waals surface area contributed by atoms with Crippen LogP contribution in [0.15, 0.2) is 48.5 Å². The normalized spacial score (nSPS) is 13.9. The number of anilines is 1. The summed E-state index contributed by atoms with van der Waals surface area (Å²) in [7, 11) is 0. The van der Waals surface area contributed by atoms with Crippen LogP contribution in [0.25, 0.3) is 0 Å². The molecule has 1 fully saturated rings. The fourth-order valence-corrected chi connectivity index (χ4v) is 3.10. The van der Waals surface area contributed by atoms with E-state index >= 15 is 0 Å². The predicted molar refractivity (Wildman–Crippen MR) is 105 cm³/mol. The van der Waals surface area contributed by atoms with E-state index in [0.717, 1.165) is 11.1 Å². The highest BCUT2D eigenvalue weighted by atomic mass is 35.5. The van der Waals surface area contributed by atoms with Crippen LogP contribution in [-0.2, 0) is 11.2 Å². The molecule has 3 rings (SSSR count). The van der Waals surface area contributed by atoms with Gasteiger partial charge in [-0.15, -0.1) is 12.4 Å². The Kier molecular flexibility index (Phi) is 6.64. The highest BCUT2D eigenvalue weighted by Crippen LogP contribution is 2.16. The smallest absolute Gasteiger partial charge is 0.256 e. The van der Waals surface area contributed by atoms with Gasteiger partial charge in [0.15, 0.2) is 0 Å². The van der Waals surface area contributed by atoms with Crippen LogP contribution in [0, 0.1) is 6.92 Å². The Labute approximate surface area is 160 Å². The van der Waals surface area contributed by atoms with Crippen molar-refractivity contribution in [2.75, 3.05) is 31.9 Å². The summed E-state index contributed by atoms with van der Waals surface area (Å²) in [5.74, 6) is 0.0460. The molecule has 2 aromatic carbocycles. The monoisotopic (exact) mass is 373 g/mol. The van der Waals surface area contributed by atoms with E-state index in [1.54, 1.807) is 17.0 Å². The van der Waals surface area contributed by atoms with Gasteiger partial charge in [-0.1, -0.05) is 36.4 Å². The molecule has 0 bridgehead atoms. The van der Waals surface area contributed by atoms with E-state index in [2.05, 4.69) is 0 Å². The number of rotatable bonds is 3. The van der Waals surface area contributed by atoms with Crippen molar-refractivity contribution >= 4 is 29.9 Å². The molecular formula is C20H24ClN3O2. The summed E-state index contributed by atoms with van der Waals surface area (Å²) in [6, 6.07) is 15.0. The summed E-state index contributed by atoms with van der Waals surface area (Å²) in [4.78, 5) is 28.7. The number of hydrogen-bond donors (Lipinski definition) is 1. The second kappa shape index (κ2) is 8.72. The lowest BCUT2D eigenvalue weighted by molar-refractivity contribution is -0.131. The van der Waals surface area contributed by atoms with E-state index in [1.165, 1.54) is 0 Å². The van der Waals surface area contributed by atoms with Crippen LogP contribution in [0.1, 0.15) is 21.5 Å². The first-order valence-corrected chi connectivity index (χ1v) is 8.52. The van der Waals surface area contributed by atoms with Crippen molar-refractivity contribution in [3.8, 4) is 0 Å². The molecule has 1 saturated heterocycles. The number of nitrogens with zero attached hydrogens (tertiary/aromatic N) is 2. The van der Waals surface area contributed by atoms with Crippen molar-refractivity contribution in [1.29, 1.82) is 0 Å². The number of amides is 2. The average Bonchev–Trinajstić information content (AvgIpc) is 2.63. The fraction of sp³-hybridized carbons (Fsp3) is 0.300. The van der Waals surface area contributed by atoms with Crippen LogP contribution < -0.4 is 5.73 Å². The van der Waals surface area contributed by atoms with Crippen molar-refractivity contribution in [3.05, 3.63) is 65.2 Å². The Morgan fingerprint density at radius 1 is 0.923 bits per heavy atom. The Bertz CT molecular complexity index is 786. The Balaban J connectivity index is 0.00000243. The molecule has 0 radical (unpaired) electrons. The van der Waals surface area contributed by atoms with Gasteiger partial charge in [-0.3, -0.25) is 9.59 Å². The molecule has 6 heteroatoms. The number of nitrogen functional groups attached to an aromatic ring is 1. The summed E-state index contributed by atoms with van der Waals surface area (Å²) in [5, 5.41) is 0. The number of carbonyl (C=O) groups is 2. The maximum Gasteiger partial charge on any atom is 0.256 e. The van der Waals surface area contributed by atoms with Crippen LogP contribution in [0.4, 0.5) is 5.69 Å². The van der Waals surface area contributed by atoms with Crippen LogP contribution in [-0.4, -0.2) is 47.8 Å². The van der Waals surface area contributed by atoms with Crippen LogP contribution >= 0.6 is 12.4 Å². The van der Waals surface area contributed by atoms with E-state index in [9.17, 15) is 9.59 Å². The van der Waals surface area contributed by atoms with Crippen molar-refractivity contribution in [3.63, 3.8) is 0 Å². The van der Waals surface area contributed by atoms with Crippen molar-refractivity contribution in [1.82, 2.24) is 9.80 Å². The zero-order chi connectivity index (χ0) is 17.8. The van der Waals surface area contributed by atoms with E-state index < -0.39 is 0 Å². The van der Waals surface area contributed by atoms with Gasteiger partial charge in [-0.25, -0.2) is 0 Å². The number of para-hydroxylation sites is 1. The molecule has 0 aliphatic carbocycles. The third-order valence-corrected chi connectivity index (χ3v) is 4.71. The molecular weight excluding hydrogens is 350 g/mol. The summed E-state index contributed by atoms with van der Waals surface area (Å²) in [5.41, 5.74) is 9.10. The number of hydrogen-bond acceptors (Lipinski definition) is 3. The van der Waals surface area contributed by atoms with Gasteiger partial charge in [-0.05, 0) is 30.2 Å². The number of aryl methyl sites for hydroxylation is 1. The third kappa shape index (κ3) is 4.35. The molecule has 0 saturated carbocycles. The minimum Gasteiger partial charge on any atom is -0.398 e. The number of carbonyl (C=O) groups excluding carboxylic acids is 2. The molecule has 0 aromatic heterocycles. The quantitative estimate of drug-likeness (QED) is 0.841. The van der Waals surface area contributed by atoms with Gasteiger partial charge in [0.05, 0.1) is 12.0 Å².